The van der Waals surface area contributed by atoms with Crippen LogP contribution in [0, 0.1) is 0 Å². The van der Waals surface area contributed by atoms with Crippen LogP contribution in [0.25, 0.3) is 0 Å². The van der Waals surface area contributed by atoms with Gasteiger partial charge in [0.2, 0.25) is 0 Å². The summed E-state index contributed by atoms with van der Waals surface area (Å²) in [5, 5.41) is 8.78. The number of carbonyl (C=O) groups excluding carboxylic acids is 1. The molecule has 0 amide bonds. The minimum atomic E-state index is -0.425. The molecule has 1 saturated heterocycles. The van der Waals surface area contributed by atoms with Gasteiger partial charge < -0.3 is 19.3 Å². The maximum Gasteiger partial charge on any atom is 0.293 e. The minimum absolute atomic E-state index is 0.140. The maximum atomic E-state index is 9.18. The van der Waals surface area contributed by atoms with Crippen LogP contribution in [-0.2, 0) is 19.0 Å². The van der Waals surface area contributed by atoms with Crippen molar-refractivity contribution in [1.29, 1.82) is 0 Å². The number of carbonyl (C=O) groups is 1. The molecule has 1 heterocycles. The molecule has 13 heavy (non-hydrogen) atoms. The van der Waals surface area contributed by atoms with Crippen molar-refractivity contribution in [3.05, 3.63) is 0 Å². The van der Waals surface area contributed by atoms with Gasteiger partial charge in [-0.1, -0.05) is 0 Å². The predicted octanol–water partition coefficient (Wildman–Crippen LogP) is -0.0806. The normalized spacial score (nSPS) is 27.0. The number of hydrogen-bond donors (Lipinski definition) is 1. The number of aliphatic hydroxyl groups is 1. The molecule has 0 bridgehead atoms. The maximum absolute atomic E-state index is 9.18. The summed E-state index contributed by atoms with van der Waals surface area (Å²) in [6.07, 6.45) is -0.565. The fourth-order valence-electron chi connectivity index (χ4n) is 0.657. The third kappa shape index (κ3) is 7.70. The third-order valence-electron chi connectivity index (χ3n) is 1.28. The van der Waals surface area contributed by atoms with Gasteiger partial charge in [0.1, 0.15) is 6.10 Å². The molecule has 1 N–H and O–H groups in total. The predicted molar refractivity (Wildman–Crippen MR) is 45.1 cm³/mol. The van der Waals surface area contributed by atoms with Crippen molar-refractivity contribution in [3.63, 3.8) is 0 Å². The molecule has 0 unspecified atom stereocenters. The Hall–Kier alpha value is -0.650. The van der Waals surface area contributed by atoms with E-state index in [1.54, 1.807) is 6.92 Å². The Labute approximate surface area is 77.6 Å². The highest BCUT2D eigenvalue weighted by atomic mass is 16.7. The highest BCUT2D eigenvalue weighted by molar-refractivity contribution is 5.36. The van der Waals surface area contributed by atoms with Gasteiger partial charge in [-0.3, -0.25) is 4.79 Å². The zero-order chi connectivity index (χ0) is 10.1. The Balaban J connectivity index is 0.000000252. The van der Waals surface area contributed by atoms with Crippen LogP contribution in [0.5, 0.6) is 0 Å². The second kappa shape index (κ2) is 7.97. The van der Waals surface area contributed by atoms with Gasteiger partial charge in [0.25, 0.3) is 6.47 Å². The van der Waals surface area contributed by atoms with Gasteiger partial charge >= 0.3 is 0 Å². The molecular formula is C8H16O5. The fourth-order valence-corrected chi connectivity index (χ4v) is 0.657. The number of aliphatic hydroxyl groups excluding tert-OH is 1. The van der Waals surface area contributed by atoms with E-state index in [1.165, 1.54) is 0 Å². The first-order valence-electron chi connectivity index (χ1n) is 4.17. The zero-order valence-electron chi connectivity index (χ0n) is 7.93. The second-order valence-electron chi connectivity index (χ2n) is 2.44. The van der Waals surface area contributed by atoms with E-state index in [0.29, 0.717) is 26.3 Å². The molecule has 0 aromatic rings. The Morgan fingerprint density at radius 2 is 2.08 bits per heavy atom. The Bertz CT molecular complexity index is 110. The van der Waals surface area contributed by atoms with Crippen molar-refractivity contribution in [2.75, 3.05) is 19.8 Å². The van der Waals surface area contributed by atoms with Gasteiger partial charge in [-0.25, -0.2) is 0 Å². The van der Waals surface area contributed by atoms with E-state index in [2.05, 4.69) is 4.74 Å². The van der Waals surface area contributed by atoms with Crippen molar-refractivity contribution in [3.8, 4) is 0 Å². The second-order valence-corrected chi connectivity index (χ2v) is 2.44. The van der Waals surface area contributed by atoms with Crippen molar-refractivity contribution in [2.24, 2.45) is 0 Å². The summed E-state index contributed by atoms with van der Waals surface area (Å²) in [5.74, 6) is 0. The molecule has 0 saturated carbocycles. The van der Waals surface area contributed by atoms with Gasteiger partial charge in [0, 0.05) is 0 Å². The minimum Gasteiger partial charge on any atom is -0.468 e. The highest BCUT2D eigenvalue weighted by Gasteiger charge is 2.15. The smallest absolute Gasteiger partial charge is 0.293 e. The van der Waals surface area contributed by atoms with Crippen LogP contribution in [0.2, 0.25) is 0 Å². The van der Waals surface area contributed by atoms with E-state index in [-0.39, 0.29) is 6.29 Å². The lowest BCUT2D eigenvalue weighted by atomic mass is 10.4. The van der Waals surface area contributed by atoms with Crippen molar-refractivity contribution in [2.45, 2.75) is 26.2 Å². The summed E-state index contributed by atoms with van der Waals surface area (Å²) in [6.45, 7) is 5.28. The fraction of sp³-hybridized carbons (Fsp3) is 0.875. The summed E-state index contributed by atoms with van der Waals surface area (Å²) in [5.41, 5.74) is 0. The molecule has 1 aliphatic rings. The molecule has 1 fully saturated rings. The van der Waals surface area contributed by atoms with Crippen LogP contribution in [0.15, 0.2) is 0 Å². The SMILES string of the molecule is CC1OCC(O)CO1.CCOC=O. The first-order valence-corrected chi connectivity index (χ1v) is 4.17. The van der Waals surface area contributed by atoms with Gasteiger partial charge in [-0.05, 0) is 13.8 Å². The third-order valence-corrected chi connectivity index (χ3v) is 1.28. The zero-order valence-corrected chi connectivity index (χ0v) is 7.93. The molecule has 5 nitrogen and oxygen atoms in total. The quantitative estimate of drug-likeness (QED) is 0.620. The molecule has 0 aromatic carbocycles. The van der Waals surface area contributed by atoms with Crippen LogP contribution in [0.1, 0.15) is 13.8 Å². The number of rotatable bonds is 2. The molecule has 0 aromatic heterocycles. The van der Waals surface area contributed by atoms with Crippen LogP contribution in [0.4, 0.5) is 0 Å². The Kier molecular flexibility index (Phi) is 7.57. The van der Waals surface area contributed by atoms with E-state index in [4.69, 9.17) is 14.6 Å². The summed E-state index contributed by atoms with van der Waals surface area (Å²) >= 11 is 0. The summed E-state index contributed by atoms with van der Waals surface area (Å²) in [4.78, 5) is 9.18. The lowest BCUT2D eigenvalue weighted by Crippen LogP contribution is -2.33. The average Bonchev–Trinajstić information content (AvgIpc) is 2.13. The van der Waals surface area contributed by atoms with E-state index in [0.717, 1.165) is 0 Å². The first-order chi connectivity index (χ1) is 6.20. The summed E-state index contributed by atoms with van der Waals surface area (Å²) in [6, 6.07) is 0. The Morgan fingerprint density at radius 1 is 1.54 bits per heavy atom. The molecule has 0 radical (unpaired) electrons. The average molecular weight is 192 g/mol. The van der Waals surface area contributed by atoms with Gasteiger partial charge in [-0.2, -0.15) is 0 Å². The summed E-state index contributed by atoms with van der Waals surface area (Å²) in [7, 11) is 0. The molecule has 5 heteroatoms. The van der Waals surface area contributed by atoms with Gasteiger partial charge in [0.05, 0.1) is 19.8 Å². The molecule has 1 aliphatic heterocycles. The largest absolute Gasteiger partial charge is 0.468 e. The van der Waals surface area contributed by atoms with Crippen molar-refractivity contribution >= 4 is 6.47 Å². The van der Waals surface area contributed by atoms with Gasteiger partial charge in [0.15, 0.2) is 6.29 Å². The lowest BCUT2D eigenvalue weighted by molar-refractivity contribution is -0.207. The molecular weight excluding hydrogens is 176 g/mol. The van der Waals surface area contributed by atoms with Crippen LogP contribution in [-0.4, -0.2) is 43.8 Å². The van der Waals surface area contributed by atoms with Crippen LogP contribution in [0.3, 0.4) is 0 Å². The highest BCUT2D eigenvalue weighted by Crippen LogP contribution is 2.02. The van der Waals surface area contributed by atoms with E-state index in [9.17, 15) is 4.79 Å². The van der Waals surface area contributed by atoms with E-state index < -0.39 is 6.10 Å². The van der Waals surface area contributed by atoms with E-state index >= 15 is 0 Å². The number of hydrogen-bond acceptors (Lipinski definition) is 5. The first kappa shape index (κ1) is 12.3. The van der Waals surface area contributed by atoms with Crippen LogP contribution >= 0.6 is 0 Å². The summed E-state index contributed by atoms with van der Waals surface area (Å²) < 4.78 is 14.0. The number of ether oxygens (including phenoxy) is 3. The van der Waals surface area contributed by atoms with Gasteiger partial charge in [-0.15, -0.1) is 0 Å². The van der Waals surface area contributed by atoms with Crippen molar-refractivity contribution < 1.29 is 24.1 Å². The molecule has 0 spiro atoms. The molecule has 0 atom stereocenters. The standard InChI is InChI=1S/C5H10O3.C3H6O2/c1-4-7-2-5(6)3-8-4;1-2-5-3-4/h4-6H,2-3H2,1H3;3H,2H2,1H3. The van der Waals surface area contributed by atoms with Crippen LogP contribution < -0.4 is 0 Å². The van der Waals surface area contributed by atoms with Crippen molar-refractivity contribution in [1.82, 2.24) is 0 Å². The monoisotopic (exact) mass is 192 g/mol. The van der Waals surface area contributed by atoms with E-state index in [1.807, 2.05) is 6.92 Å². The molecule has 0 aliphatic carbocycles. The molecule has 1 rings (SSSR count). The Morgan fingerprint density at radius 3 is 2.31 bits per heavy atom. The topological polar surface area (TPSA) is 65.0 Å². The molecule has 78 valence electrons. The lowest BCUT2D eigenvalue weighted by Gasteiger charge is -2.23.